The van der Waals surface area contributed by atoms with E-state index in [1.165, 1.54) is 14.2 Å². The third kappa shape index (κ3) is 5.14. The van der Waals surface area contributed by atoms with Crippen LogP contribution >= 0.6 is 15.9 Å². The predicted octanol–water partition coefficient (Wildman–Crippen LogP) is 1.92. The van der Waals surface area contributed by atoms with Crippen molar-refractivity contribution in [2.75, 3.05) is 14.2 Å². The van der Waals surface area contributed by atoms with Crippen LogP contribution in [0, 0.1) is 5.92 Å². The Balaban J connectivity index is 2.83. The van der Waals surface area contributed by atoms with E-state index in [1.54, 1.807) is 31.2 Å². The van der Waals surface area contributed by atoms with Crippen molar-refractivity contribution in [3.05, 3.63) is 34.3 Å². The van der Waals surface area contributed by atoms with Crippen molar-refractivity contribution in [3.63, 3.8) is 0 Å². The van der Waals surface area contributed by atoms with Crippen molar-refractivity contribution in [3.8, 4) is 0 Å². The molecule has 0 aliphatic rings. The molecule has 0 fully saturated rings. The van der Waals surface area contributed by atoms with Gasteiger partial charge < -0.3 is 14.8 Å². The fraction of sp³-hybridized carbons (Fsp3) is 0.400. The molecule has 6 nitrogen and oxygen atoms in total. The highest BCUT2D eigenvalue weighted by molar-refractivity contribution is 9.10. The second-order valence-corrected chi connectivity index (χ2v) is 5.64. The third-order valence-corrected chi connectivity index (χ3v) is 3.56. The molecule has 1 aromatic rings. The lowest BCUT2D eigenvalue weighted by atomic mass is 10.0. The number of hydrogen-bond acceptors (Lipinski definition) is 5. The summed E-state index contributed by atoms with van der Waals surface area (Å²) in [7, 11) is 2.50. The molecule has 0 saturated carbocycles. The Bertz CT molecular complexity index is 561. The second kappa shape index (κ2) is 8.53. The molecule has 22 heavy (non-hydrogen) atoms. The molecule has 1 aromatic carbocycles. The van der Waals surface area contributed by atoms with Gasteiger partial charge in [-0.1, -0.05) is 28.9 Å². The van der Waals surface area contributed by atoms with E-state index in [0.29, 0.717) is 5.56 Å². The van der Waals surface area contributed by atoms with Crippen molar-refractivity contribution >= 4 is 33.8 Å². The summed E-state index contributed by atoms with van der Waals surface area (Å²) < 4.78 is 10.0. The van der Waals surface area contributed by atoms with Gasteiger partial charge in [0, 0.05) is 10.0 Å². The summed E-state index contributed by atoms with van der Waals surface area (Å²) in [6.45, 7) is 1.62. The molecule has 1 rings (SSSR count). The Hall–Kier alpha value is -1.89. The Morgan fingerprint density at radius 3 is 2.36 bits per heavy atom. The summed E-state index contributed by atoms with van der Waals surface area (Å²) in [5.41, 5.74) is 0.397. The Labute approximate surface area is 137 Å². The van der Waals surface area contributed by atoms with E-state index >= 15 is 0 Å². The first kappa shape index (κ1) is 18.2. The Kier molecular flexibility index (Phi) is 7.04. The highest BCUT2D eigenvalue weighted by atomic mass is 79.9. The fourth-order valence-corrected chi connectivity index (χ4v) is 2.28. The maximum atomic E-state index is 12.2. The summed E-state index contributed by atoms with van der Waals surface area (Å²) in [5.74, 6) is -2.03. The zero-order valence-corrected chi connectivity index (χ0v) is 14.2. The van der Waals surface area contributed by atoms with Gasteiger partial charge in [0.05, 0.1) is 20.1 Å². The van der Waals surface area contributed by atoms with Crippen molar-refractivity contribution < 1.29 is 23.9 Å². The number of carbonyl (C=O) groups excluding carboxylic acids is 3. The van der Waals surface area contributed by atoms with Crippen LogP contribution < -0.4 is 5.32 Å². The van der Waals surface area contributed by atoms with Gasteiger partial charge in [0.2, 0.25) is 0 Å². The number of hydrogen-bond donors (Lipinski definition) is 1. The van der Waals surface area contributed by atoms with Gasteiger partial charge in [-0.3, -0.25) is 9.59 Å². The van der Waals surface area contributed by atoms with Gasteiger partial charge in [-0.05, 0) is 24.6 Å². The van der Waals surface area contributed by atoms with Gasteiger partial charge in [0.15, 0.2) is 0 Å². The van der Waals surface area contributed by atoms with Crippen molar-refractivity contribution in [1.82, 2.24) is 5.32 Å². The molecule has 0 aliphatic carbocycles. The van der Waals surface area contributed by atoms with Crippen LogP contribution in [0.4, 0.5) is 0 Å². The van der Waals surface area contributed by atoms with Crippen LogP contribution in [0.15, 0.2) is 28.7 Å². The van der Waals surface area contributed by atoms with E-state index in [-0.39, 0.29) is 6.42 Å². The molecule has 0 spiro atoms. The number of esters is 2. The number of benzene rings is 1. The molecule has 1 amide bonds. The molecule has 0 saturated heterocycles. The molecule has 0 aliphatic heterocycles. The zero-order valence-electron chi connectivity index (χ0n) is 12.6. The van der Waals surface area contributed by atoms with Crippen LogP contribution in [0.1, 0.15) is 23.7 Å². The van der Waals surface area contributed by atoms with Crippen LogP contribution in [0.2, 0.25) is 0 Å². The first-order valence-corrected chi connectivity index (χ1v) is 7.40. The van der Waals surface area contributed by atoms with Crippen molar-refractivity contribution in [1.29, 1.82) is 0 Å². The maximum Gasteiger partial charge on any atom is 0.328 e. The van der Waals surface area contributed by atoms with Crippen LogP contribution in [-0.4, -0.2) is 38.1 Å². The summed E-state index contributed by atoms with van der Waals surface area (Å²) >= 11 is 3.28. The second-order valence-electron chi connectivity index (χ2n) is 4.72. The lowest BCUT2D eigenvalue weighted by molar-refractivity contribution is -0.147. The molecule has 1 N–H and O–H groups in total. The van der Waals surface area contributed by atoms with Crippen LogP contribution in [0.5, 0.6) is 0 Å². The van der Waals surface area contributed by atoms with Crippen molar-refractivity contribution in [2.45, 2.75) is 19.4 Å². The van der Waals surface area contributed by atoms with E-state index in [9.17, 15) is 14.4 Å². The summed E-state index contributed by atoms with van der Waals surface area (Å²) in [4.78, 5) is 35.5. The van der Waals surface area contributed by atoms with Crippen LogP contribution in [0.25, 0.3) is 0 Å². The molecule has 7 heteroatoms. The van der Waals surface area contributed by atoms with Crippen LogP contribution in [-0.2, 0) is 19.1 Å². The van der Waals surface area contributed by atoms with E-state index in [0.717, 1.165) is 4.47 Å². The monoisotopic (exact) mass is 371 g/mol. The largest absolute Gasteiger partial charge is 0.469 e. The van der Waals surface area contributed by atoms with E-state index in [2.05, 4.69) is 30.7 Å². The zero-order chi connectivity index (χ0) is 16.7. The first-order chi connectivity index (χ1) is 10.4. The maximum absolute atomic E-state index is 12.2. The number of ether oxygens (including phenoxy) is 2. The minimum Gasteiger partial charge on any atom is -0.469 e. The summed E-state index contributed by atoms with van der Waals surface area (Å²) in [5, 5.41) is 2.58. The smallest absolute Gasteiger partial charge is 0.328 e. The van der Waals surface area contributed by atoms with Crippen LogP contribution in [0.3, 0.4) is 0 Å². The quantitative estimate of drug-likeness (QED) is 0.772. The fourth-order valence-electron chi connectivity index (χ4n) is 1.88. The van der Waals surface area contributed by atoms with Gasteiger partial charge in [-0.2, -0.15) is 0 Å². The van der Waals surface area contributed by atoms with Gasteiger partial charge in [-0.15, -0.1) is 0 Å². The molecule has 0 radical (unpaired) electrons. The van der Waals surface area contributed by atoms with Gasteiger partial charge in [0.25, 0.3) is 5.91 Å². The highest BCUT2D eigenvalue weighted by Crippen LogP contribution is 2.13. The number of rotatable bonds is 6. The molecule has 0 bridgehead atoms. The van der Waals surface area contributed by atoms with E-state index in [1.807, 2.05) is 0 Å². The standard InChI is InChI=1S/C15H18BrNO5/c1-9(14(19)21-2)7-12(15(20)22-3)17-13(18)10-5-4-6-11(16)8-10/h4-6,8-9,12H,7H2,1-3H3,(H,17,18)/t9-,12+/m0/s1. The number of halogens is 1. The number of nitrogens with one attached hydrogen (secondary N) is 1. The van der Waals surface area contributed by atoms with E-state index in [4.69, 9.17) is 0 Å². The summed E-state index contributed by atoms with van der Waals surface area (Å²) in [6.07, 6.45) is 0.0963. The molecule has 0 unspecified atom stereocenters. The minimum absolute atomic E-state index is 0.0963. The molecule has 2 atom stereocenters. The number of amides is 1. The van der Waals surface area contributed by atoms with Gasteiger partial charge in [0.1, 0.15) is 6.04 Å². The minimum atomic E-state index is -0.925. The topological polar surface area (TPSA) is 81.7 Å². The lowest BCUT2D eigenvalue weighted by Gasteiger charge is -2.19. The number of methoxy groups -OCH3 is 2. The van der Waals surface area contributed by atoms with Gasteiger partial charge in [-0.25, -0.2) is 4.79 Å². The van der Waals surface area contributed by atoms with Crippen molar-refractivity contribution in [2.24, 2.45) is 5.92 Å². The SMILES string of the molecule is COC(=O)[C@@H](C)C[C@@H](NC(=O)c1cccc(Br)c1)C(=O)OC. The third-order valence-electron chi connectivity index (χ3n) is 3.07. The normalized spacial score (nSPS) is 12.9. The van der Waals surface area contributed by atoms with Gasteiger partial charge >= 0.3 is 11.9 Å². The molecular formula is C15H18BrNO5. The molecule has 0 aromatic heterocycles. The number of carbonyl (C=O) groups is 3. The Morgan fingerprint density at radius 2 is 1.82 bits per heavy atom. The molecule has 120 valence electrons. The average Bonchev–Trinajstić information content (AvgIpc) is 2.52. The molecule has 0 heterocycles. The summed E-state index contributed by atoms with van der Waals surface area (Å²) in [6, 6.07) is 5.83. The average molecular weight is 372 g/mol. The first-order valence-electron chi connectivity index (χ1n) is 6.61. The lowest BCUT2D eigenvalue weighted by Crippen LogP contribution is -2.43. The molecular weight excluding hydrogens is 354 g/mol. The highest BCUT2D eigenvalue weighted by Gasteiger charge is 2.27. The van der Waals surface area contributed by atoms with E-state index < -0.39 is 29.8 Å². The Morgan fingerprint density at radius 1 is 1.18 bits per heavy atom. The predicted molar refractivity (Wildman–Crippen MR) is 83.2 cm³/mol.